The SMILES string of the molecule is C[C@H](I)C(=O)Nc1cccc(Cl)c1. The van der Waals surface area contributed by atoms with E-state index in [-0.39, 0.29) is 9.83 Å². The van der Waals surface area contributed by atoms with Gasteiger partial charge in [0.25, 0.3) is 0 Å². The lowest BCUT2D eigenvalue weighted by Crippen LogP contribution is -2.19. The molecule has 13 heavy (non-hydrogen) atoms. The molecule has 1 amide bonds. The van der Waals surface area contributed by atoms with Crippen molar-refractivity contribution in [2.75, 3.05) is 5.32 Å². The maximum absolute atomic E-state index is 11.3. The summed E-state index contributed by atoms with van der Waals surface area (Å²) < 4.78 is -0.0448. The molecule has 0 aliphatic heterocycles. The molecule has 4 heteroatoms. The molecule has 0 spiro atoms. The summed E-state index contributed by atoms with van der Waals surface area (Å²) in [4.78, 5) is 11.3. The summed E-state index contributed by atoms with van der Waals surface area (Å²) in [6, 6.07) is 7.10. The number of alkyl halides is 1. The van der Waals surface area contributed by atoms with Crippen LogP contribution in [0.3, 0.4) is 0 Å². The number of hydrogen-bond acceptors (Lipinski definition) is 1. The van der Waals surface area contributed by atoms with Crippen molar-refractivity contribution in [1.29, 1.82) is 0 Å². The Balaban J connectivity index is 2.69. The number of anilines is 1. The Kier molecular flexibility index (Phi) is 3.99. The van der Waals surface area contributed by atoms with E-state index in [9.17, 15) is 4.79 Å². The van der Waals surface area contributed by atoms with Gasteiger partial charge in [0, 0.05) is 10.7 Å². The quantitative estimate of drug-likeness (QED) is 0.660. The van der Waals surface area contributed by atoms with E-state index in [0.717, 1.165) is 5.69 Å². The summed E-state index contributed by atoms with van der Waals surface area (Å²) in [5, 5.41) is 3.38. The second-order valence-electron chi connectivity index (χ2n) is 2.62. The molecule has 0 saturated carbocycles. The first-order valence-corrected chi connectivity index (χ1v) is 5.42. The number of hydrogen-bond donors (Lipinski definition) is 1. The van der Waals surface area contributed by atoms with E-state index in [1.807, 2.05) is 13.0 Å². The maximum Gasteiger partial charge on any atom is 0.237 e. The van der Waals surface area contributed by atoms with E-state index >= 15 is 0 Å². The molecule has 1 N–H and O–H groups in total. The average Bonchev–Trinajstić information content (AvgIpc) is 2.04. The van der Waals surface area contributed by atoms with Gasteiger partial charge < -0.3 is 5.32 Å². The van der Waals surface area contributed by atoms with Gasteiger partial charge in [0.05, 0.1) is 3.92 Å². The molecule has 0 radical (unpaired) electrons. The Labute approximate surface area is 95.8 Å². The topological polar surface area (TPSA) is 29.1 Å². The minimum absolute atomic E-state index is 0.0112. The van der Waals surface area contributed by atoms with Crippen LogP contribution in [0, 0.1) is 0 Å². The van der Waals surface area contributed by atoms with Crippen LogP contribution in [-0.4, -0.2) is 9.83 Å². The third-order valence-corrected chi connectivity index (χ3v) is 2.25. The molecule has 1 rings (SSSR count). The number of nitrogens with one attached hydrogen (secondary N) is 1. The molecule has 0 bridgehead atoms. The van der Waals surface area contributed by atoms with Crippen LogP contribution in [0.5, 0.6) is 0 Å². The molecule has 0 unspecified atom stereocenters. The van der Waals surface area contributed by atoms with Crippen molar-refractivity contribution in [2.45, 2.75) is 10.8 Å². The number of rotatable bonds is 2. The van der Waals surface area contributed by atoms with Crippen LogP contribution in [0.25, 0.3) is 0 Å². The average molecular weight is 310 g/mol. The molecule has 1 aromatic rings. The van der Waals surface area contributed by atoms with Crippen LogP contribution < -0.4 is 5.32 Å². The Morgan fingerprint density at radius 1 is 1.62 bits per heavy atom. The minimum atomic E-state index is -0.0448. The Morgan fingerprint density at radius 2 is 2.31 bits per heavy atom. The van der Waals surface area contributed by atoms with Gasteiger partial charge in [-0.25, -0.2) is 0 Å². The highest BCUT2D eigenvalue weighted by Gasteiger charge is 2.07. The van der Waals surface area contributed by atoms with E-state index in [4.69, 9.17) is 11.6 Å². The van der Waals surface area contributed by atoms with Gasteiger partial charge >= 0.3 is 0 Å². The molecular formula is C9H9ClINO. The van der Waals surface area contributed by atoms with E-state index in [1.54, 1.807) is 18.2 Å². The third kappa shape index (κ3) is 3.52. The largest absolute Gasteiger partial charge is 0.325 e. The number of benzene rings is 1. The van der Waals surface area contributed by atoms with Gasteiger partial charge in [-0.15, -0.1) is 0 Å². The zero-order chi connectivity index (χ0) is 9.84. The van der Waals surface area contributed by atoms with Crippen LogP contribution >= 0.6 is 34.2 Å². The van der Waals surface area contributed by atoms with Gasteiger partial charge in [-0.3, -0.25) is 4.79 Å². The summed E-state index contributed by atoms with van der Waals surface area (Å²) in [5.74, 6) is -0.0112. The zero-order valence-electron chi connectivity index (χ0n) is 7.05. The molecule has 70 valence electrons. The fourth-order valence-electron chi connectivity index (χ4n) is 0.808. The molecule has 1 atom stereocenters. The highest BCUT2D eigenvalue weighted by atomic mass is 127. The third-order valence-electron chi connectivity index (χ3n) is 1.45. The molecule has 0 fully saturated rings. The molecule has 0 aromatic heterocycles. The van der Waals surface area contributed by atoms with E-state index in [1.165, 1.54) is 0 Å². The predicted molar refractivity (Wildman–Crippen MR) is 63.6 cm³/mol. The highest BCUT2D eigenvalue weighted by Crippen LogP contribution is 2.15. The van der Waals surface area contributed by atoms with Crippen LogP contribution in [0.2, 0.25) is 5.02 Å². The fraction of sp³-hybridized carbons (Fsp3) is 0.222. The van der Waals surface area contributed by atoms with Crippen molar-refractivity contribution in [3.63, 3.8) is 0 Å². The van der Waals surface area contributed by atoms with Crippen LogP contribution in [0.1, 0.15) is 6.92 Å². The second-order valence-corrected chi connectivity index (χ2v) is 4.92. The molecule has 0 aliphatic rings. The molecule has 0 saturated heterocycles. The molecule has 0 aliphatic carbocycles. The van der Waals surface area contributed by atoms with Gasteiger partial charge in [0.2, 0.25) is 5.91 Å². The molecular weight excluding hydrogens is 300 g/mol. The summed E-state index contributed by atoms with van der Waals surface area (Å²) in [7, 11) is 0. The Morgan fingerprint density at radius 3 is 2.85 bits per heavy atom. The first-order valence-electron chi connectivity index (χ1n) is 3.80. The first-order chi connectivity index (χ1) is 6.09. The lowest BCUT2D eigenvalue weighted by Gasteiger charge is -2.06. The van der Waals surface area contributed by atoms with Crippen LogP contribution in [-0.2, 0) is 4.79 Å². The van der Waals surface area contributed by atoms with Gasteiger partial charge in [-0.05, 0) is 25.1 Å². The molecule has 0 heterocycles. The molecule has 1 aromatic carbocycles. The summed E-state index contributed by atoms with van der Waals surface area (Å²) in [6.07, 6.45) is 0. The smallest absolute Gasteiger partial charge is 0.237 e. The monoisotopic (exact) mass is 309 g/mol. The Hall–Kier alpha value is -0.290. The lowest BCUT2D eigenvalue weighted by molar-refractivity contribution is -0.115. The Bertz CT molecular complexity index is 314. The maximum atomic E-state index is 11.3. The van der Waals surface area contributed by atoms with E-state index in [0.29, 0.717) is 5.02 Å². The van der Waals surface area contributed by atoms with Crippen LogP contribution in [0.15, 0.2) is 24.3 Å². The van der Waals surface area contributed by atoms with Crippen molar-refractivity contribution in [2.24, 2.45) is 0 Å². The van der Waals surface area contributed by atoms with Crippen molar-refractivity contribution in [3.05, 3.63) is 29.3 Å². The summed E-state index contributed by atoms with van der Waals surface area (Å²) in [5.41, 5.74) is 0.737. The van der Waals surface area contributed by atoms with Crippen molar-refractivity contribution in [3.8, 4) is 0 Å². The summed E-state index contributed by atoms with van der Waals surface area (Å²) >= 11 is 7.81. The number of carbonyl (C=O) groups is 1. The zero-order valence-corrected chi connectivity index (χ0v) is 9.96. The van der Waals surface area contributed by atoms with Crippen molar-refractivity contribution >= 4 is 45.8 Å². The molecule has 2 nitrogen and oxygen atoms in total. The van der Waals surface area contributed by atoms with Gasteiger partial charge in [0.1, 0.15) is 0 Å². The number of halogens is 2. The van der Waals surface area contributed by atoms with Gasteiger partial charge in [-0.1, -0.05) is 40.3 Å². The standard InChI is InChI=1S/C9H9ClINO/c1-6(11)9(13)12-8-4-2-3-7(10)5-8/h2-6H,1H3,(H,12,13)/t6-/m0/s1. The van der Waals surface area contributed by atoms with Crippen molar-refractivity contribution in [1.82, 2.24) is 0 Å². The first kappa shape index (κ1) is 10.8. The van der Waals surface area contributed by atoms with Gasteiger partial charge in [-0.2, -0.15) is 0 Å². The number of amides is 1. The number of carbonyl (C=O) groups excluding carboxylic acids is 1. The fourth-order valence-corrected chi connectivity index (χ4v) is 1.15. The van der Waals surface area contributed by atoms with Gasteiger partial charge in [0.15, 0.2) is 0 Å². The van der Waals surface area contributed by atoms with Crippen LogP contribution in [0.4, 0.5) is 5.69 Å². The summed E-state index contributed by atoms with van der Waals surface area (Å²) in [6.45, 7) is 1.83. The van der Waals surface area contributed by atoms with Crippen molar-refractivity contribution < 1.29 is 4.79 Å². The highest BCUT2D eigenvalue weighted by molar-refractivity contribution is 14.1. The minimum Gasteiger partial charge on any atom is -0.325 e. The lowest BCUT2D eigenvalue weighted by atomic mass is 10.3. The predicted octanol–water partition coefficient (Wildman–Crippen LogP) is 3.10. The normalized spacial score (nSPS) is 12.2. The van der Waals surface area contributed by atoms with E-state index < -0.39 is 0 Å². The van der Waals surface area contributed by atoms with E-state index in [2.05, 4.69) is 27.9 Å². The second kappa shape index (κ2) is 4.81.